The highest BCUT2D eigenvalue weighted by atomic mass is 32.1. The van der Waals surface area contributed by atoms with E-state index in [4.69, 9.17) is 18.0 Å². The van der Waals surface area contributed by atoms with E-state index in [1.807, 2.05) is 0 Å². The van der Waals surface area contributed by atoms with Crippen LogP contribution in [-0.2, 0) is 0 Å². The zero-order valence-electron chi connectivity index (χ0n) is 11.7. The Morgan fingerprint density at radius 2 is 1.75 bits per heavy atom. The highest BCUT2D eigenvalue weighted by molar-refractivity contribution is 7.80. The normalized spacial score (nSPS) is 26.3. The van der Waals surface area contributed by atoms with E-state index < -0.39 is 11.6 Å². The number of thiocarbonyl (C=S) groups is 1. The summed E-state index contributed by atoms with van der Waals surface area (Å²) in [5.74, 6) is -0.680. The molecule has 0 saturated heterocycles. The Bertz CT molecular complexity index is 509. The van der Waals surface area contributed by atoms with Gasteiger partial charge in [-0.2, -0.15) is 0 Å². The van der Waals surface area contributed by atoms with Crippen LogP contribution in [0.5, 0.6) is 0 Å². The van der Waals surface area contributed by atoms with E-state index in [-0.39, 0.29) is 22.3 Å². The second-order valence-electron chi connectivity index (χ2n) is 5.91. The fourth-order valence-electron chi connectivity index (χ4n) is 3.14. The third-order valence-corrected chi connectivity index (χ3v) is 4.11. The SMILES string of the molecule is CC1CC(C)CC(Nc2ccc(C(N)=S)c(F)c2F)C1. The van der Waals surface area contributed by atoms with E-state index in [9.17, 15) is 8.78 Å². The number of hydrogen-bond acceptors (Lipinski definition) is 2. The lowest BCUT2D eigenvalue weighted by molar-refractivity contribution is 0.280. The summed E-state index contributed by atoms with van der Waals surface area (Å²) in [6.07, 6.45) is 3.14. The van der Waals surface area contributed by atoms with E-state index >= 15 is 0 Å². The molecule has 1 fully saturated rings. The minimum absolute atomic E-state index is 0.0477. The van der Waals surface area contributed by atoms with Crippen molar-refractivity contribution in [2.45, 2.75) is 39.2 Å². The molecule has 20 heavy (non-hydrogen) atoms. The minimum Gasteiger partial charge on any atom is -0.389 e. The Balaban J connectivity index is 2.18. The van der Waals surface area contributed by atoms with Gasteiger partial charge in [-0.05, 0) is 43.2 Å². The van der Waals surface area contributed by atoms with Crippen LogP contribution in [0.25, 0.3) is 0 Å². The molecule has 0 radical (unpaired) electrons. The summed E-state index contributed by atoms with van der Waals surface area (Å²) >= 11 is 4.70. The van der Waals surface area contributed by atoms with Gasteiger partial charge in [0.15, 0.2) is 11.6 Å². The van der Waals surface area contributed by atoms with Crippen LogP contribution in [0.1, 0.15) is 38.7 Å². The quantitative estimate of drug-likeness (QED) is 0.833. The molecule has 0 spiro atoms. The Hall–Kier alpha value is -1.23. The number of anilines is 1. The van der Waals surface area contributed by atoms with Gasteiger partial charge >= 0.3 is 0 Å². The van der Waals surface area contributed by atoms with Crippen molar-refractivity contribution >= 4 is 22.9 Å². The van der Waals surface area contributed by atoms with Crippen LogP contribution in [0.4, 0.5) is 14.5 Å². The molecule has 0 aromatic heterocycles. The van der Waals surface area contributed by atoms with Crippen LogP contribution < -0.4 is 11.1 Å². The van der Waals surface area contributed by atoms with Crippen LogP contribution in [-0.4, -0.2) is 11.0 Å². The van der Waals surface area contributed by atoms with Crippen molar-refractivity contribution in [3.63, 3.8) is 0 Å². The van der Waals surface area contributed by atoms with E-state index in [1.54, 1.807) is 0 Å². The Kier molecular flexibility index (Phi) is 4.58. The van der Waals surface area contributed by atoms with Gasteiger partial charge in [-0.15, -0.1) is 0 Å². The predicted molar refractivity (Wildman–Crippen MR) is 81.8 cm³/mol. The van der Waals surface area contributed by atoms with Crippen molar-refractivity contribution < 1.29 is 8.78 Å². The highest BCUT2D eigenvalue weighted by Crippen LogP contribution is 2.31. The van der Waals surface area contributed by atoms with Crippen molar-refractivity contribution in [1.82, 2.24) is 0 Å². The minimum atomic E-state index is -0.973. The second kappa shape index (κ2) is 6.04. The first kappa shape index (κ1) is 15.2. The maximum Gasteiger partial charge on any atom is 0.182 e. The van der Waals surface area contributed by atoms with Gasteiger partial charge < -0.3 is 11.1 Å². The molecule has 1 aromatic rings. The van der Waals surface area contributed by atoms with Crippen LogP contribution >= 0.6 is 12.2 Å². The maximum absolute atomic E-state index is 14.0. The van der Waals surface area contributed by atoms with Gasteiger partial charge in [0.05, 0.1) is 5.69 Å². The standard InChI is InChI=1S/C15H20F2N2S/c1-8-5-9(2)7-10(6-8)19-12-4-3-11(15(18)20)13(16)14(12)17/h3-4,8-10,19H,5-7H2,1-2H3,(H2,18,20). The number of hydrogen-bond donors (Lipinski definition) is 2. The number of nitrogens with two attached hydrogens (primary N) is 1. The molecule has 1 aliphatic carbocycles. The van der Waals surface area contributed by atoms with E-state index in [0.717, 1.165) is 12.8 Å². The molecular weight excluding hydrogens is 278 g/mol. The van der Waals surface area contributed by atoms with E-state index in [2.05, 4.69) is 19.2 Å². The Morgan fingerprint density at radius 3 is 2.30 bits per heavy atom. The maximum atomic E-state index is 14.0. The molecule has 110 valence electrons. The van der Waals surface area contributed by atoms with Gasteiger partial charge in [0.2, 0.25) is 0 Å². The second-order valence-corrected chi connectivity index (χ2v) is 6.35. The average Bonchev–Trinajstić information content (AvgIpc) is 2.33. The number of nitrogens with one attached hydrogen (secondary N) is 1. The fourth-order valence-corrected chi connectivity index (χ4v) is 3.29. The summed E-state index contributed by atoms with van der Waals surface area (Å²) in [5.41, 5.74) is 5.50. The summed E-state index contributed by atoms with van der Waals surface area (Å²) in [5, 5.41) is 3.12. The molecule has 1 aromatic carbocycles. The highest BCUT2D eigenvalue weighted by Gasteiger charge is 2.25. The summed E-state index contributed by atoms with van der Waals surface area (Å²) in [6, 6.07) is 3.12. The lowest BCUT2D eigenvalue weighted by atomic mass is 9.80. The van der Waals surface area contributed by atoms with Crippen LogP contribution in [0.15, 0.2) is 12.1 Å². The first-order valence-electron chi connectivity index (χ1n) is 6.92. The summed E-state index contributed by atoms with van der Waals surface area (Å²) in [7, 11) is 0. The third-order valence-electron chi connectivity index (χ3n) is 3.89. The van der Waals surface area contributed by atoms with Gasteiger partial charge in [0.1, 0.15) is 4.99 Å². The molecule has 5 heteroatoms. The monoisotopic (exact) mass is 298 g/mol. The lowest BCUT2D eigenvalue weighted by Crippen LogP contribution is -2.30. The van der Waals surface area contributed by atoms with Gasteiger partial charge in [0.25, 0.3) is 0 Å². The topological polar surface area (TPSA) is 38.0 Å². The van der Waals surface area contributed by atoms with Gasteiger partial charge in [-0.1, -0.05) is 26.1 Å². The Morgan fingerprint density at radius 1 is 1.15 bits per heavy atom. The zero-order chi connectivity index (χ0) is 14.9. The molecule has 2 rings (SSSR count). The largest absolute Gasteiger partial charge is 0.389 e. The molecule has 1 aliphatic rings. The zero-order valence-corrected chi connectivity index (χ0v) is 12.6. The summed E-state index contributed by atoms with van der Waals surface area (Å²) in [6.45, 7) is 4.38. The molecule has 2 unspecified atom stereocenters. The molecule has 1 saturated carbocycles. The number of halogens is 2. The van der Waals surface area contributed by atoms with Crippen LogP contribution in [0.3, 0.4) is 0 Å². The smallest absolute Gasteiger partial charge is 0.182 e. The predicted octanol–water partition coefficient (Wildman–Crippen LogP) is 3.84. The van der Waals surface area contributed by atoms with Gasteiger partial charge in [-0.25, -0.2) is 8.78 Å². The first-order chi connectivity index (χ1) is 9.38. The van der Waals surface area contributed by atoms with E-state index in [1.165, 1.54) is 18.6 Å². The number of benzene rings is 1. The molecule has 2 nitrogen and oxygen atoms in total. The lowest BCUT2D eigenvalue weighted by Gasteiger charge is -2.32. The third kappa shape index (κ3) is 3.26. The molecule has 0 heterocycles. The molecule has 3 N–H and O–H groups in total. The molecule has 0 bridgehead atoms. The summed E-state index contributed by atoms with van der Waals surface area (Å²) in [4.78, 5) is -0.132. The van der Waals surface area contributed by atoms with Crippen LogP contribution in [0.2, 0.25) is 0 Å². The van der Waals surface area contributed by atoms with Crippen molar-refractivity contribution in [1.29, 1.82) is 0 Å². The van der Waals surface area contributed by atoms with Crippen molar-refractivity contribution in [2.75, 3.05) is 5.32 Å². The first-order valence-corrected chi connectivity index (χ1v) is 7.33. The fraction of sp³-hybridized carbons (Fsp3) is 0.533. The number of rotatable bonds is 3. The van der Waals surface area contributed by atoms with Crippen molar-refractivity contribution in [3.8, 4) is 0 Å². The van der Waals surface area contributed by atoms with Crippen LogP contribution in [0, 0.1) is 23.5 Å². The Labute approximate surface area is 123 Å². The van der Waals surface area contributed by atoms with Gasteiger partial charge in [0, 0.05) is 11.6 Å². The van der Waals surface area contributed by atoms with Crippen molar-refractivity contribution in [3.05, 3.63) is 29.3 Å². The van der Waals surface area contributed by atoms with E-state index in [0.29, 0.717) is 11.8 Å². The van der Waals surface area contributed by atoms with Crippen molar-refractivity contribution in [2.24, 2.45) is 17.6 Å². The molecular formula is C15H20F2N2S. The molecule has 0 aliphatic heterocycles. The molecule has 2 atom stereocenters. The average molecular weight is 298 g/mol. The summed E-state index contributed by atoms with van der Waals surface area (Å²) < 4.78 is 27.9. The molecule has 0 amide bonds. The van der Waals surface area contributed by atoms with Gasteiger partial charge in [-0.3, -0.25) is 0 Å².